The molecule has 1 heterocycles. The van der Waals surface area contributed by atoms with E-state index in [0.717, 1.165) is 31.2 Å². The van der Waals surface area contributed by atoms with Crippen LogP contribution in [0.4, 0.5) is 0 Å². The van der Waals surface area contributed by atoms with Gasteiger partial charge in [0.05, 0.1) is 13.7 Å². The van der Waals surface area contributed by atoms with Crippen LogP contribution in [0.2, 0.25) is 0 Å². The first-order valence-electron chi connectivity index (χ1n) is 7.67. The highest BCUT2D eigenvalue weighted by atomic mass is 127. The van der Waals surface area contributed by atoms with Crippen molar-refractivity contribution in [3.8, 4) is 5.75 Å². The van der Waals surface area contributed by atoms with Crippen LogP contribution in [0.5, 0.6) is 5.75 Å². The number of benzene rings is 1. The molecule has 132 valence electrons. The van der Waals surface area contributed by atoms with E-state index in [0.29, 0.717) is 0 Å². The van der Waals surface area contributed by atoms with Crippen molar-refractivity contribution in [2.75, 3.05) is 40.8 Å². The number of carbonyl (C=O) groups excluding carboxylic acids is 1. The highest BCUT2D eigenvalue weighted by molar-refractivity contribution is 14.0. The number of aliphatic imine (C=N–C) groups is 1. The lowest BCUT2D eigenvalue weighted by molar-refractivity contribution is -0.119. The van der Waals surface area contributed by atoms with Gasteiger partial charge in [0.25, 0.3) is 0 Å². The Hall–Kier alpha value is -1.77. The van der Waals surface area contributed by atoms with Crippen LogP contribution in [0, 0.1) is 0 Å². The average Bonchev–Trinajstić information content (AvgIpc) is 2.62. The zero-order valence-electron chi connectivity index (χ0n) is 14.3. The summed E-state index contributed by atoms with van der Waals surface area (Å²) in [5.41, 5.74) is 2.50. The summed E-state index contributed by atoms with van der Waals surface area (Å²) in [5, 5.41) is 5.67. The Kier molecular flexibility index (Phi) is 8.59. The molecule has 0 bridgehead atoms. The third-order valence-corrected chi connectivity index (χ3v) is 3.85. The Balaban J connectivity index is 0.00000288. The topological polar surface area (TPSA) is 66.0 Å². The van der Waals surface area contributed by atoms with Crippen LogP contribution in [-0.4, -0.2) is 57.6 Å². The lowest BCUT2D eigenvalue weighted by atomic mass is 9.99. The molecule has 0 atom stereocenters. The fourth-order valence-electron chi connectivity index (χ4n) is 2.53. The zero-order chi connectivity index (χ0) is 16.7. The van der Waals surface area contributed by atoms with Gasteiger partial charge in [-0.15, -0.1) is 24.0 Å². The Bertz CT molecular complexity index is 616. The van der Waals surface area contributed by atoms with Gasteiger partial charge in [0.1, 0.15) is 5.75 Å². The molecule has 0 unspecified atom stereocenters. The molecule has 2 rings (SSSR count). The summed E-state index contributed by atoms with van der Waals surface area (Å²) >= 11 is 0. The van der Waals surface area contributed by atoms with E-state index in [2.05, 4.69) is 38.7 Å². The van der Waals surface area contributed by atoms with E-state index >= 15 is 0 Å². The number of nitrogens with one attached hydrogen (secondary N) is 2. The second-order valence-corrected chi connectivity index (χ2v) is 5.23. The van der Waals surface area contributed by atoms with Gasteiger partial charge in [-0.2, -0.15) is 0 Å². The predicted octanol–water partition coefficient (Wildman–Crippen LogP) is 1.72. The Morgan fingerprint density at radius 2 is 2.21 bits per heavy atom. The smallest absolute Gasteiger partial charge is 0.239 e. The van der Waals surface area contributed by atoms with Crippen molar-refractivity contribution in [2.45, 2.75) is 6.42 Å². The average molecular weight is 444 g/mol. The molecule has 0 saturated carbocycles. The highest BCUT2D eigenvalue weighted by Gasteiger charge is 2.16. The quantitative estimate of drug-likeness (QED) is 0.422. The van der Waals surface area contributed by atoms with Crippen LogP contribution in [0.25, 0.3) is 5.57 Å². The number of guanidine groups is 1. The minimum Gasteiger partial charge on any atom is -0.497 e. The molecule has 1 aliphatic heterocycles. The van der Waals surface area contributed by atoms with Crippen LogP contribution in [0.15, 0.2) is 35.3 Å². The summed E-state index contributed by atoms with van der Waals surface area (Å²) in [7, 11) is 5.03. The first kappa shape index (κ1) is 20.3. The first-order valence-corrected chi connectivity index (χ1v) is 7.67. The van der Waals surface area contributed by atoms with Crippen LogP contribution >= 0.6 is 24.0 Å². The fourth-order valence-corrected chi connectivity index (χ4v) is 2.53. The maximum Gasteiger partial charge on any atom is 0.239 e. The van der Waals surface area contributed by atoms with Crippen LogP contribution in [0.1, 0.15) is 12.0 Å². The van der Waals surface area contributed by atoms with Gasteiger partial charge in [0, 0.05) is 27.2 Å². The third kappa shape index (κ3) is 5.40. The van der Waals surface area contributed by atoms with E-state index in [1.54, 1.807) is 21.2 Å². The normalized spacial score (nSPS) is 14.4. The first-order chi connectivity index (χ1) is 11.2. The van der Waals surface area contributed by atoms with Crippen LogP contribution in [0.3, 0.4) is 0 Å². The molecule has 24 heavy (non-hydrogen) atoms. The zero-order valence-corrected chi connectivity index (χ0v) is 16.7. The number of likely N-dealkylation sites (N-methyl/N-ethyl adjacent to an activating group) is 1. The van der Waals surface area contributed by atoms with Crippen molar-refractivity contribution in [3.05, 3.63) is 35.9 Å². The summed E-state index contributed by atoms with van der Waals surface area (Å²) in [6.45, 7) is 1.85. The number of methoxy groups -OCH3 is 1. The van der Waals surface area contributed by atoms with Gasteiger partial charge in [-0.05, 0) is 29.7 Å². The molecule has 1 aliphatic rings. The van der Waals surface area contributed by atoms with Crippen LogP contribution in [-0.2, 0) is 4.79 Å². The number of halogens is 1. The molecule has 1 aromatic rings. The molecule has 0 aromatic heterocycles. The summed E-state index contributed by atoms with van der Waals surface area (Å²) in [5.74, 6) is 1.55. The molecule has 1 amide bonds. The molecule has 0 aliphatic carbocycles. The second-order valence-electron chi connectivity index (χ2n) is 5.23. The number of nitrogens with zero attached hydrogens (tertiary/aromatic N) is 2. The van der Waals surface area contributed by atoms with Crippen molar-refractivity contribution in [2.24, 2.45) is 4.99 Å². The molecule has 0 fully saturated rings. The second kappa shape index (κ2) is 10.2. The number of carbonyl (C=O) groups is 1. The maximum atomic E-state index is 11.3. The Labute approximate surface area is 160 Å². The van der Waals surface area contributed by atoms with Gasteiger partial charge in [-0.25, -0.2) is 0 Å². The van der Waals surface area contributed by atoms with Gasteiger partial charge >= 0.3 is 0 Å². The highest BCUT2D eigenvalue weighted by Crippen LogP contribution is 2.25. The minimum atomic E-state index is -0.0595. The fraction of sp³-hybridized carbons (Fsp3) is 0.412. The molecular weight excluding hydrogens is 419 g/mol. The number of ether oxygens (including phenoxy) is 1. The number of rotatable bonds is 4. The maximum absolute atomic E-state index is 11.3. The van der Waals surface area contributed by atoms with Crippen molar-refractivity contribution in [1.29, 1.82) is 0 Å². The summed E-state index contributed by atoms with van der Waals surface area (Å²) in [6, 6.07) is 8.11. The van der Waals surface area contributed by atoms with E-state index in [4.69, 9.17) is 4.74 Å². The molecule has 0 radical (unpaired) electrons. The monoisotopic (exact) mass is 444 g/mol. The van der Waals surface area contributed by atoms with Crippen molar-refractivity contribution in [1.82, 2.24) is 15.5 Å². The van der Waals surface area contributed by atoms with Gasteiger partial charge < -0.3 is 20.3 Å². The van der Waals surface area contributed by atoms with Crippen molar-refractivity contribution < 1.29 is 9.53 Å². The van der Waals surface area contributed by atoms with E-state index in [1.807, 2.05) is 12.1 Å². The molecule has 0 saturated heterocycles. The van der Waals surface area contributed by atoms with Gasteiger partial charge in [-0.1, -0.05) is 18.2 Å². The standard InChI is InChI=1S/C17H24N4O2.HI/c1-18-16(22)12-20-17(19-2)21-9-7-13(8-10-21)14-5-4-6-15(11-14)23-3;/h4-7,11H,8-10,12H2,1-3H3,(H,18,22)(H,19,20);1H. The summed E-state index contributed by atoms with van der Waals surface area (Å²) in [4.78, 5) is 17.7. The largest absolute Gasteiger partial charge is 0.497 e. The number of hydrogen-bond donors (Lipinski definition) is 2. The number of hydrogen-bond acceptors (Lipinski definition) is 3. The third-order valence-electron chi connectivity index (χ3n) is 3.85. The SMILES string of the molecule is CN=C(NCC(=O)NC)N1CC=C(c2cccc(OC)c2)CC1.I. The molecule has 7 heteroatoms. The van der Waals surface area contributed by atoms with E-state index < -0.39 is 0 Å². The number of amides is 1. The van der Waals surface area contributed by atoms with E-state index in [-0.39, 0.29) is 36.4 Å². The van der Waals surface area contributed by atoms with E-state index in [1.165, 1.54) is 11.1 Å². The van der Waals surface area contributed by atoms with E-state index in [9.17, 15) is 4.79 Å². The molecule has 2 N–H and O–H groups in total. The lowest BCUT2D eigenvalue weighted by Crippen LogP contribution is -2.46. The van der Waals surface area contributed by atoms with Gasteiger partial charge in [0.2, 0.25) is 5.91 Å². The van der Waals surface area contributed by atoms with Gasteiger partial charge in [-0.3, -0.25) is 9.79 Å². The predicted molar refractivity (Wildman–Crippen MR) is 108 cm³/mol. The lowest BCUT2D eigenvalue weighted by Gasteiger charge is -2.29. The van der Waals surface area contributed by atoms with Crippen LogP contribution < -0.4 is 15.4 Å². The molecular formula is C17H25IN4O2. The molecule has 6 nitrogen and oxygen atoms in total. The van der Waals surface area contributed by atoms with Crippen molar-refractivity contribution in [3.63, 3.8) is 0 Å². The summed E-state index contributed by atoms with van der Waals surface area (Å²) < 4.78 is 5.28. The Morgan fingerprint density at radius 1 is 1.42 bits per heavy atom. The molecule has 1 aromatic carbocycles. The minimum absolute atomic E-state index is 0. The Morgan fingerprint density at radius 3 is 2.79 bits per heavy atom. The summed E-state index contributed by atoms with van der Waals surface area (Å²) in [6.07, 6.45) is 3.12. The van der Waals surface area contributed by atoms with Crippen molar-refractivity contribution >= 4 is 41.4 Å². The van der Waals surface area contributed by atoms with Gasteiger partial charge in [0.15, 0.2) is 5.96 Å². The molecule has 0 spiro atoms.